The highest BCUT2D eigenvalue weighted by molar-refractivity contribution is 6.15. The lowest BCUT2D eigenvalue weighted by Gasteiger charge is -2.23. The molecule has 1 unspecified atom stereocenters. The summed E-state index contributed by atoms with van der Waals surface area (Å²) in [6, 6.07) is 57.0. The summed E-state index contributed by atoms with van der Waals surface area (Å²) in [6.45, 7) is 0. The van der Waals surface area contributed by atoms with Crippen molar-refractivity contribution in [2.24, 2.45) is 9.98 Å². The Labute approximate surface area is 272 Å². The molecular weight excluding hydrogens is 574 g/mol. The van der Waals surface area contributed by atoms with Gasteiger partial charge in [-0.05, 0) is 62.9 Å². The minimum atomic E-state index is -0.232. The van der Waals surface area contributed by atoms with Gasteiger partial charge in [0.1, 0.15) is 23.2 Å². The molecule has 1 aliphatic heterocycles. The van der Waals surface area contributed by atoms with E-state index < -0.39 is 0 Å². The predicted molar refractivity (Wildman–Crippen MR) is 194 cm³/mol. The number of rotatable bonds is 5. The van der Waals surface area contributed by atoms with Crippen LogP contribution in [-0.4, -0.2) is 11.7 Å². The molecule has 4 nitrogen and oxygen atoms in total. The molecule has 7 aromatic carbocycles. The fourth-order valence-corrected chi connectivity index (χ4v) is 6.54. The van der Waals surface area contributed by atoms with Crippen molar-refractivity contribution in [3.63, 3.8) is 0 Å². The molecule has 0 aliphatic carbocycles. The number of hydrogen-bond donors (Lipinski definition) is 1. The molecule has 0 radical (unpaired) electrons. The van der Waals surface area contributed by atoms with Crippen LogP contribution < -0.4 is 5.32 Å². The maximum atomic E-state index is 6.45. The van der Waals surface area contributed by atoms with Gasteiger partial charge in [0.2, 0.25) is 0 Å². The van der Waals surface area contributed by atoms with Gasteiger partial charge in [-0.15, -0.1) is 0 Å². The van der Waals surface area contributed by atoms with E-state index in [2.05, 4.69) is 133 Å². The van der Waals surface area contributed by atoms with Gasteiger partial charge in [0.15, 0.2) is 5.84 Å². The van der Waals surface area contributed by atoms with Crippen LogP contribution in [0.3, 0.4) is 0 Å². The second kappa shape index (κ2) is 11.3. The summed E-state index contributed by atoms with van der Waals surface area (Å²) >= 11 is 0. The standard InChI is InChI=1S/C43H29N3O/c1-3-11-30(12-4-1)41-44-42(31-13-5-2-6-14-31)46-43(45-41)32-21-19-29(20-22-32)36-16-9-17-38-40(36)37-25-24-35(27-39(37)47-38)34-23-18-28-10-7-8-15-33(28)26-34/h1-27,41H,(H,44,45,46). The molecule has 2 heterocycles. The highest BCUT2D eigenvalue weighted by atomic mass is 16.3. The zero-order valence-corrected chi connectivity index (χ0v) is 25.5. The fraction of sp³-hybridized carbons (Fsp3) is 0.0233. The Bertz CT molecular complexity index is 2480. The van der Waals surface area contributed by atoms with E-state index in [1.165, 1.54) is 16.3 Å². The molecule has 1 aromatic heterocycles. The van der Waals surface area contributed by atoms with Crippen LogP contribution in [0.15, 0.2) is 178 Å². The first kappa shape index (κ1) is 27.1. The van der Waals surface area contributed by atoms with Crippen LogP contribution in [0.5, 0.6) is 0 Å². The molecule has 0 fully saturated rings. The van der Waals surface area contributed by atoms with Crippen LogP contribution >= 0.6 is 0 Å². The minimum Gasteiger partial charge on any atom is -0.456 e. The Morgan fingerprint density at radius 2 is 1.17 bits per heavy atom. The van der Waals surface area contributed by atoms with Crippen LogP contribution in [0.25, 0.3) is 55.0 Å². The molecule has 0 saturated heterocycles. The summed E-state index contributed by atoms with van der Waals surface area (Å²) in [6.07, 6.45) is -0.232. The second-order valence-electron chi connectivity index (χ2n) is 11.9. The molecule has 0 saturated carbocycles. The van der Waals surface area contributed by atoms with Crippen LogP contribution in [-0.2, 0) is 0 Å². The first-order chi connectivity index (χ1) is 23.3. The second-order valence-corrected chi connectivity index (χ2v) is 11.9. The highest BCUT2D eigenvalue weighted by Crippen LogP contribution is 2.38. The van der Waals surface area contributed by atoms with Gasteiger partial charge in [-0.3, -0.25) is 0 Å². The molecule has 1 aliphatic rings. The zero-order chi connectivity index (χ0) is 31.2. The molecule has 222 valence electrons. The van der Waals surface area contributed by atoms with Crippen molar-refractivity contribution < 1.29 is 4.42 Å². The number of fused-ring (bicyclic) bond motifs is 4. The summed E-state index contributed by atoms with van der Waals surface area (Å²) < 4.78 is 6.45. The average molecular weight is 604 g/mol. The molecule has 9 rings (SSSR count). The quantitative estimate of drug-likeness (QED) is 0.213. The van der Waals surface area contributed by atoms with Crippen molar-refractivity contribution in [1.29, 1.82) is 0 Å². The topological polar surface area (TPSA) is 49.9 Å². The SMILES string of the molecule is c1ccc(C2=NC(c3ccc(-c4cccc5oc6cc(-c7ccc8ccccc8c7)ccc6c45)cc3)=NC(c3ccccc3)N2)cc1. The molecule has 47 heavy (non-hydrogen) atoms. The Hall–Kier alpha value is -6.26. The molecule has 1 atom stereocenters. The summed E-state index contributed by atoms with van der Waals surface area (Å²) in [5.41, 5.74) is 9.41. The predicted octanol–water partition coefficient (Wildman–Crippen LogP) is 10.6. The van der Waals surface area contributed by atoms with Crippen molar-refractivity contribution in [2.45, 2.75) is 6.17 Å². The van der Waals surface area contributed by atoms with Crippen LogP contribution in [0.2, 0.25) is 0 Å². The zero-order valence-electron chi connectivity index (χ0n) is 25.5. The van der Waals surface area contributed by atoms with Crippen LogP contribution in [0, 0.1) is 0 Å². The lowest BCUT2D eigenvalue weighted by molar-refractivity contribution is 0.669. The van der Waals surface area contributed by atoms with Gasteiger partial charge < -0.3 is 9.73 Å². The molecule has 0 bridgehead atoms. The monoisotopic (exact) mass is 603 g/mol. The Kier molecular flexibility index (Phi) is 6.50. The van der Waals surface area contributed by atoms with Gasteiger partial charge in [-0.2, -0.15) is 0 Å². The maximum absolute atomic E-state index is 6.45. The summed E-state index contributed by atoms with van der Waals surface area (Å²) in [7, 11) is 0. The normalized spacial score (nSPS) is 14.6. The number of benzene rings is 7. The van der Waals surface area contributed by atoms with Crippen molar-refractivity contribution in [2.75, 3.05) is 0 Å². The van der Waals surface area contributed by atoms with E-state index in [0.717, 1.165) is 61.2 Å². The van der Waals surface area contributed by atoms with Crippen molar-refractivity contribution in [3.05, 3.63) is 180 Å². The van der Waals surface area contributed by atoms with Gasteiger partial charge in [-0.1, -0.05) is 140 Å². The molecule has 0 spiro atoms. The molecule has 0 amide bonds. The number of nitrogens with one attached hydrogen (secondary N) is 1. The van der Waals surface area contributed by atoms with E-state index in [4.69, 9.17) is 14.4 Å². The van der Waals surface area contributed by atoms with Crippen LogP contribution in [0.4, 0.5) is 0 Å². The van der Waals surface area contributed by atoms with E-state index in [9.17, 15) is 0 Å². The van der Waals surface area contributed by atoms with Crippen molar-refractivity contribution in [1.82, 2.24) is 5.32 Å². The van der Waals surface area contributed by atoms with Crippen LogP contribution in [0.1, 0.15) is 22.9 Å². The van der Waals surface area contributed by atoms with Crippen molar-refractivity contribution in [3.8, 4) is 22.3 Å². The van der Waals surface area contributed by atoms with E-state index >= 15 is 0 Å². The van der Waals surface area contributed by atoms with Gasteiger partial charge in [0.25, 0.3) is 0 Å². The highest BCUT2D eigenvalue weighted by Gasteiger charge is 2.21. The van der Waals surface area contributed by atoms with E-state index in [1.807, 2.05) is 36.4 Å². The summed E-state index contributed by atoms with van der Waals surface area (Å²) in [4.78, 5) is 10.0. The van der Waals surface area contributed by atoms with Gasteiger partial charge >= 0.3 is 0 Å². The third-order valence-electron chi connectivity index (χ3n) is 8.94. The number of amidine groups is 2. The number of aliphatic imine (C=N–C) groups is 2. The molecular formula is C43H29N3O. The summed E-state index contributed by atoms with van der Waals surface area (Å²) in [5, 5.41) is 8.23. The van der Waals surface area contributed by atoms with E-state index in [-0.39, 0.29) is 6.17 Å². The van der Waals surface area contributed by atoms with Gasteiger partial charge in [0.05, 0.1) is 0 Å². The number of nitrogens with zero attached hydrogens (tertiary/aromatic N) is 2. The number of furan rings is 1. The Morgan fingerprint density at radius 1 is 0.489 bits per heavy atom. The van der Waals surface area contributed by atoms with E-state index in [1.54, 1.807) is 0 Å². The van der Waals surface area contributed by atoms with Gasteiger partial charge in [0, 0.05) is 21.9 Å². The molecule has 1 N–H and O–H groups in total. The first-order valence-corrected chi connectivity index (χ1v) is 15.9. The third-order valence-corrected chi connectivity index (χ3v) is 8.94. The lowest BCUT2D eigenvalue weighted by atomic mass is 9.96. The smallest absolute Gasteiger partial charge is 0.159 e. The summed E-state index contributed by atoms with van der Waals surface area (Å²) in [5.74, 6) is 1.52. The minimum absolute atomic E-state index is 0.232. The Morgan fingerprint density at radius 3 is 2.00 bits per heavy atom. The largest absolute Gasteiger partial charge is 0.456 e. The fourth-order valence-electron chi connectivity index (χ4n) is 6.54. The molecule has 8 aromatic rings. The van der Waals surface area contributed by atoms with E-state index in [0.29, 0.717) is 5.84 Å². The Balaban J connectivity index is 1.09. The lowest BCUT2D eigenvalue weighted by Crippen LogP contribution is -2.33. The first-order valence-electron chi connectivity index (χ1n) is 15.9. The van der Waals surface area contributed by atoms with Crippen molar-refractivity contribution >= 4 is 44.4 Å². The number of hydrogen-bond acceptors (Lipinski definition) is 4. The van der Waals surface area contributed by atoms with Gasteiger partial charge in [-0.25, -0.2) is 9.98 Å². The third kappa shape index (κ3) is 4.97. The average Bonchev–Trinajstić information content (AvgIpc) is 3.53. The molecule has 4 heteroatoms. The maximum Gasteiger partial charge on any atom is 0.159 e.